The van der Waals surface area contributed by atoms with Crippen LogP contribution in [0.15, 0.2) is 18.2 Å². The summed E-state index contributed by atoms with van der Waals surface area (Å²) in [6.45, 7) is 0.488. The van der Waals surface area contributed by atoms with E-state index in [2.05, 4.69) is 15.5 Å². The van der Waals surface area contributed by atoms with E-state index in [1.165, 1.54) is 24.2 Å². The van der Waals surface area contributed by atoms with Crippen LogP contribution in [0.4, 0.5) is 0 Å². The van der Waals surface area contributed by atoms with E-state index in [1.807, 2.05) is 18.2 Å². The van der Waals surface area contributed by atoms with Crippen molar-refractivity contribution in [3.8, 4) is 0 Å². The molecule has 1 aliphatic rings. The lowest BCUT2D eigenvalue weighted by Gasteiger charge is -1.99. The van der Waals surface area contributed by atoms with Crippen molar-refractivity contribution in [2.24, 2.45) is 0 Å². The van der Waals surface area contributed by atoms with Crippen LogP contribution in [0.2, 0.25) is 4.34 Å². The van der Waals surface area contributed by atoms with Crippen molar-refractivity contribution in [3.05, 3.63) is 38.8 Å². The second kappa shape index (κ2) is 4.74. The largest absolute Gasteiger partial charge is 0.346 e. The molecular weight excluding hydrogens is 270 g/mol. The highest BCUT2D eigenvalue weighted by Gasteiger charge is 2.26. The summed E-state index contributed by atoms with van der Waals surface area (Å²) in [5.74, 6) is 0.429. The van der Waals surface area contributed by atoms with E-state index in [0.29, 0.717) is 18.2 Å². The molecule has 0 aliphatic heterocycles. The summed E-state index contributed by atoms with van der Waals surface area (Å²) in [6.07, 6.45) is 2.38. The third kappa shape index (κ3) is 2.57. The molecule has 2 aromatic rings. The number of halogens is 1. The van der Waals surface area contributed by atoms with Gasteiger partial charge in [0.05, 0.1) is 10.9 Å². The smallest absolute Gasteiger partial charge is 0.272 e. The molecule has 2 N–H and O–H groups in total. The van der Waals surface area contributed by atoms with Gasteiger partial charge in [-0.2, -0.15) is 5.10 Å². The molecule has 1 fully saturated rings. The number of amides is 1. The van der Waals surface area contributed by atoms with Crippen molar-refractivity contribution in [3.63, 3.8) is 0 Å². The third-order valence-corrected chi connectivity index (χ3v) is 4.13. The van der Waals surface area contributed by atoms with Crippen LogP contribution in [0.25, 0.3) is 0 Å². The van der Waals surface area contributed by atoms with E-state index < -0.39 is 0 Å². The zero-order valence-electron chi connectivity index (χ0n) is 9.57. The quantitative estimate of drug-likeness (QED) is 0.905. The summed E-state index contributed by atoms with van der Waals surface area (Å²) in [7, 11) is 0. The average molecular weight is 282 g/mol. The molecule has 2 aromatic heterocycles. The lowest BCUT2D eigenvalue weighted by molar-refractivity contribution is 0.0946. The van der Waals surface area contributed by atoms with Crippen LogP contribution < -0.4 is 5.32 Å². The molecule has 1 saturated carbocycles. The maximum Gasteiger partial charge on any atom is 0.272 e. The van der Waals surface area contributed by atoms with Crippen molar-refractivity contribution in [1.29, 1.82) is 0 Å². The van der Waals surface area contributed by atoms with Gasteiger partial charge in [0.2, 0.25) is 0 Å². The van der Waals surface area contributed by atoms with Crippen molar-refractivity contribution < 1.29 is 4.79 Å². The van der Waals surface area contributed by atoms with E-state index in [0.717, 1.165) is 14.9 Å². The number of carbonyl (C=O) groups excluding carboxylic acids is 1. The first-order valence-electron chi connectivity index (χ1n) is 5.80. The zero-order chi connectivity index (χ0) is 12.5. The minimum absolute atomic E-state index is 0.150. The Morgan fingerprint density at radius 1 is 1.56 bits per heavy atom. The highest BCUT2D eigenvalue weighted by atomic mass is 35.5. The Morgan fingerprint density at radius 2 is 2.39 bits per heavy atom. The molecule has 0 atom stereocenters. The molecule has 0 spiro atoms. The van der Waals surface area contributed by atoms with Gasteiger partial charge in [-0.15, -0.1) is 11.3 Å². The van der Waals surface area contributed by atoms with Gasteiger partial charge in [-0.3, -0.25) is 9.89 Å². The van der Waals surface area contributed by atoms with Gasteiger partial charge in [-0.1, -0.05) is 11.6 Å². The Kier molecular flexibility index (Phi) is 3.09. The molecule has 0 bridgehead atoms. The Morgan fingerprint density at radius 3 is 3.06 bits per heavy atom. The number of hydrogen-bond donors (Lipinski definition) is 2. The van der Waals surface area contributed by atoms with Gasteiger partial charge in [-0.05, 0) is 31.0 Å². The molecule has 0 saturated heterocycles. The summed E-state index contributed by atoms with van der Waals surface area (Å²) in [4.78, 5) is 12.9. The van der Waals surface area contributed by atoms with Crippen molar-refractivity contribution in [1.82, 2.24) is 15.5 Å². The van der Waals surface area contributed by atoms with Gasteiger partial charge < -0.3 is 5.32 Å². The molecule has 3 rings (SSSR count). The first kappa shape index (κ1) is 11.7. The van der Waals surface area contributed by atoms with Crippen LogP contribution in [-0.4, -0.2) is 16.1 Å². The summed E-state index contributed by atoms with van der Waals surface area (Å²) in [5.41, 5.74) is 1.53. The summed E-state index contributed by atoms with van der Waals surface area (Å²) in [6, 6.07) is 5.58. The topological polar surface area (TPSA) is 57.8 Å². The minimum Gasteiger partial charge on any atom is -0.346 e. The minimum atomic E-state index is -0.150. The third-order valence-electron chi connectivity index (χ3n) is 2.90. The van der Waals surface area contributed by atoms with E-state index >= 15 is 0 Å². The summed E-state index contributed by atoms with van der Waals surface area (Å²) < 4.78 is 0.732. The van der Waals surface area contributed by atoms with Gasteiger partial charge in [0.25, 0.3) is 5.91 Å². The average Bonchev–Trinajstić information content (AvgIpc) is 2.94. The normalized spacial score (nSPS) is 14.7. The van der Waals surface area contributed by atoms with Gasteiger partial charge in [-0.25, -0.2) is 0 Å². The van der Waals surface area contributed by atoms with Crippen LogP contribution in [-0.2, 0) is 6.54 Å². The molecule has 18 heavy (non-hydrogen) atoms. The van der Waals surface area contributed by atoms with E-state index in [1.54, 1.807) is 0 Å². The van der Waals surface area contributed by atoms with Crippen molar-refractivity contribution in [2.45, 2.75) is 25.3 Å². The highest BCUT2D eigenvalue weighted by Crippen LogP contribution is 2.38. The predicted octanol–water partition coefficient (Wildman–Crippen LogP) is 2.93. The SMILES string of the molecule is O=C(NCc1ccc(Cl)s1)c1cc(C2CC2)[nH]n1. The van der Waals surface area contributed by atoms with Gasteiger partial charge in [0.15, 0.2) is 0 Å². The van der Waals surface area contributed by atoms with Gasteiger partial charge >= 0.3 is 0 Å². The fourth-order valence-electron chi connectivity index (χ4n) is 1.76. The molecule has 0 aromatic carbocycles. The number of rotatable bonds is 4. The maximum absolute atomic E-state index is 11.9. The number of H-pyrrole nitrogens is 1. The molecule has 6 heteroatoms. The molecule has 94 valence electrons. The van der Waals surface area contributed by atoms with Gasteiger partial charge in [0.1, 0.15) is 5.69 Å². The molecule has 1 amide bonds. The first-order valence-corrected chi connectivity index (χ1v) is 6.99. The monoisotopic (exact) mass is 281 g/mol. The number of nitrogens with zero attached hydrogens (tertiary/aromatic N) is 1. The molecular formula is C12H12ClN3OS. The molecule has 2 heterocycles. The fraction of sp³-hybridized carbons (Fsp3) is 0.333. The maximum atomic E-state index is 11.9. The zero-order valence-corrected chi connectivity index (χ0v) is 11.1. The first-order chi connectivity index (χ1) is 8.72. The van der Waals surface area contributed by atoms with Crippen LogP contribution in [0.3, 0.4) is 0 Å². The van der Waals surface area contributed by atoms with Crippen LogP contribution in [0.5, 0.6) is 0 Å². The van der Waals surface area contributed by atoms with Crippen LogP contribution in [0, 0.1) is 0 Å². The van der Waals surface area contributed by atoms with Crippen LogP contribution >= 0.6 is 22.9 Å². The lowest BCUT2D eigenvalue weighted by atomic mass is 10.2. The molecule has 1 aliphatic carbocycles. The Labute approximate surface area is 113 Å². The highest BCUT2D eigenvalue weighted by molar-refractivity contribution is 7.16. The second-order valence-electron chi connectivity index (χ2n) is 4.37. The number of thiophene rings is 1. The van der Waals surface area contributed by atoms with E-state index in [9.17, 15) is 4.79 Å². The number of hydrogen-bond acceptors (Lipinski definition) is 3. The Hall–Kier alpha value is -1.33. The van der Waals surface area contributed by atoms with Crippen LogP contribution in [0.1, 0.15) is 39.8 Å². The number of aromatic amines is 1. The van der Waals surface area contributed by atoms with E-state index in [-0.39, 0.29) is 5.91 Å². The fourth-order valence-corrected chi connectivity index (χ4v) is 2.79. The Balaban J connectivity index is 1.59. The second-order valence-corrected chi connectivity index (χ2v) is 6.17. The van der Waals surface area contributed by atoms with E-state index in [4.69, 9.17) is 11.6 Å². The lowest BCUT2D eigenvalue weighted by Crippen LogP contribution is -2.22. The standard InChI is InChI=1S/C12H12ClN3OS/c13-11-4-3-8(18-11)6-14-12(17)10-5-9(15-16-10)7-1-2-7/h3-5,7H,1-2,6H2,(H,14,17)(H,15,16). The van der Waals surface area contributed by atoms with Gasteiger partial charge in [0, 0.05) is 16.5 Å². The number of aromatic nitrogens is 2. The summed E-state index contributed by atoms with van der Waals surface area (Å²) >= 11 is 7.29. The molecule has 0 radical (unpaired) electrons. The predicted molar refractivity (Wildman–Crippen MR) is 71.1 cm³/mol. The Bertz CT molecular complexity index is 573. The van der Waals surface area contributed by atoms with Crippen molar-refractivity contribution in [2.75, 3.05) is 0 Å². The molecule has 4 nitrogen and oxygen atoms in total. The number of carbonyl (C=O) groups is 1. The van der Waals surface area contributed by atoms with Crippen molar-refractivity contribution >= 4 is 28.8 Å². The molecule has 0 unspecified atom stereocenters. The summed E-state index contributed by atoms with van der Waals surface area (Å²) in [5, 5.41) is 9.79. The number of nitrogens with one attached hydrogen (secondary N) is 2.